The molecule has 0 aliphatic heterocycles. The van der Waals surface area contributed by atoms with Crippen LogP contribution in [0.15, 0.2) is 24.4 Å². The van der Waals surface area contributed by atoms with E-state index in [1.165, 1.54) is 0 Å². The van der Waals surface area contributed by atoms with Crippen molar-refractivity contribution in [3.63, 3.8) is 0 Å². The van der Waals surface area contributed by atoms with Gasteiger partial charge in [-0.3, -0.25) is 0 Å². The van der Waals surface area contributed by atoms with Crippen molar-refractivity contribution in [2.45, 2.75) is 26.8 Å². The molecule has 4 nitrogen and oxygen atoms in total. The lowest BCUT2D eigenvalue weighted by Gasteiger charge is -2.08. The van der Waals surface area contributed by atoms with E-state index in [1.807, 2.05) is 32.0 Å². The number of rotatable bonds is 4. The van der Waals surface area contributed by atoms with Gasteiger partial charge in [0.2, 0.25) is 0 Å². The molecule has 0 saturated carbocycles. The van der Waals surface area contributed by atoms with Crippen molar-refractivity contribution in [3.8, 4) is 0 Å². The van der Waals surface area contributed by atoms with E-state index in [2.05, 4.69) is 20.3 Å². The van der Waals surface area contributed by atoms with Crippen LogP contribution < -0.4 is 5.32 Å². The lowest BCUT2D eigenvalue weighted by molar-refractivity contribution is 0.912. The van der Waals surface area contributed by atoms with Crippen molar-refractivity contribution >= 4 is 17.4 Å². The van der Waals surface area contributed by atoms with Crippen LogP contribution in [0.25, 0.3) is 0 Å². The van der Waals surface area contributed by atoms with Crippen molar-refractivity contribution in [2.75, 3.05) is 5.32 Å². The molecule has 0 fully saturated rings. The molecule has 18 heavy (non-hydrogen) atoms. The zero-order chi connectivity index (χ0) is 13.0. The van der Waals surface area contributed by atoms with E-state index in [0.717, 1.165) is 29.3 Å². The van der Waals surface area contributed by atoms with Crippen LogP contribution in [0.1, 0.15) is 24.0 Å². The minimum atomic E-state index is 0.502. The zero-order valence-corrected chi connectivity index (χ0v) is 11.2. The SMILES string of the molecule is CCc1nc(C)cc(NCc2ccnc(Cl)c2)n1. The van der Waals surface area contributed by atoms with E-state index in [4.69, 9.17) is 11.6 Å². The van der Waals surface area contributed by atoms with Gasteiger partial charge in [0.15, 0.2) is 0 Å². The van der Waals surface area contributed by atoms with E-state index >= 15 is 0 Å². The molecule has 0 atom stereocenters. The van der Waals surface area contributed by atoms with Gasteiger partial charge >= 0.3 is 0 Å². The maximum absolute atomic E-state index is 5.83. The minimum Gasteiger partial charge on any atom is -0.366 e. The third-order valence-electron chi connectivity index (χ3n) is 2.48. The van der Waals surface area contributed by atoms with Gasteiger partial charge in [0.05, 0.1) is 0 Å². The number of halogens is 1. The highest BCUT2D eigenvalue weighted by Gasteiger charge is 2.01. The average molecular weight is 263 g/mol. The fourth-order valence-electron chi connectivity index (χ4n) is 1.62. The van der Waals surface area contributed by atoms with Gasteiger partial charge < -0.3 is 5.32 Å². The van der Waals surface area contributed by atoms with Crippen molar-refractivity contribution in [3.05, 3.63) is 46.6 Å². The molecule has 1 N–H and O–H groups in total. The number of nitrogens with zero attached hydrogens (tertiary/aromatic N) is 3. The Bertz CT molecular complexity index is 542. The molecule has 0 saturated heterocycles. The van der Waals surface area contributed by atoms with Crippen LogP contribution in [0.5, 0.6) is 0 Å². The van der Waals surface area contributed by atoms with Crippen LogP contribution in [0.3, 0.4) is 0 Å². The first-order valence-electron chi connectivity index (χ1n) is 5.86. The molecule has 0 unspecified atom stereocenters. The summed E-state index contributed by atoms with van der Waals surface area (Å²) in [6, 6.07) is 5.69. The van der Waals surface area contributed by atoms with Crippen LogP contribution in [0, 0.1) is 6.92 Å². The second-order valence-corrected chi connectivity index (χ2v) is 4.39. The average Bonchev–Trinajstić information content (AvgIpc) is 2.36. The highest BCUT2D eigenvalue weighted by molar-refractivity contribution is 6.29. The number of aryl methyl sites for hydroxylation is 2. The van der Waals surface area contributed by atoms with Crippen molar-refractivity contribution < 1.29 is 0 Å². The Hall–Kier alpha value is -1.68. The summed E-state index contributed by atoms with van der Waals surface area (Å²) in [5.41, 5.74) is 2.04. The van der Waals surface area contributed by atoms with Crippen LogP contribution in [0.4, 0.5) is 5.82 Å². The third-order valence-corrected chi connectivity index (χ3v) is 2.69. The Morgan fingerprint density at radius 1 is 1.28 bits per heavy atom. The first kappa shape index (κ1) is 12.8. The molecule has 5 heteroatoms. The number of hydrogen-bond acceptors (Lipinski definition) is 4. The Labute approximate surface area is 111 Å². The highest BCUT2D eigenvalue weighted by atomic mass is 35.5. The minimum absolute atomic E-state index is 0.502. The van der Waals surface area contributed by atoms with Crippen molar-refractivity contribution in [1.82, 2.24) is 15.0 Å². The molecule has 94 valence electrons. The molecular formula is C13H15ClN4. The molecule has 2 heterocycles. The molecule has 0 aliphatic carbocycles. The molecule has 0 spiro atoms. The summed E-state index contributed by atoms with van der Waals surface area (Å²) in [7, 11) is 0. The topological polar surface area (TPSA) is 50.7 Å². The first-order chi connectivity index (χ1) is 8.67. The quantitative estimate of drug-likeness (QED) is 0.861. The van der Waals surface area contributed by atoms with E-state index in [-0.39, 0.29) is 0 Å². The van der Waals surface area contributed by atoms with E-state index in [0.29, 0.717) is 11.7 Å². The van der Waals surface area contributed by atoms with Gasteiger partial charge in [0, 0.05) is 30.9 Å². The van der Waals surface area contributed by atoms with Gasteiger partial charge in [-0.25, -0.2) is 15.0 Å². The predicted octanol–water partition coefficient (Wildman–Crippen LogP) is 3.01. The fourth-order valence-corrected chi connectivity index (χ4v) is 1.82. The largest absolute Gasteiger partial charge is 0.366 e. The molecule has 0 aliphatic rings. The van der Waals surface area contributed by atoms with Gasteiger partial charge in [-0.2, -0.15) is 0 Å². The number of hydrogen-bond donors (Lipinski definition) is 1. The second kappa shape index (κ2) is 5.78. The summed E-state index contributed by atoms with van der Waals surface area (Å²) >= 11 is 5.83. The summed E-state index contributed by atoms with van der Waals surface area (Å²) in [5, 5.41) is 3.77. The monoisotopic (exact) mass is 262 g/mol. The van der Waals surface area contributed by atoms with Crippen molar-refractivity contribution in [1.29, 1.82) is 0 Å². The maximum Gasteiger partial charge on any atom is 0.130 e. The molecular weight excluding hydrogens is 248 g/mol. The van der Waals surface area contributed by atoms with Gasteiger partial charge in [0.1, 0.15) is 16.8 Å². The Balaban J connectivity index is 2.08. The Morgan fingerprint density at radius 2 is 2.11 bits per heavy atom. The molecule has 2 rings (SSSR count). The lowest BCUT2D eigenvalue weighted by atomic mass is 10.2. The zero-order valence-electron chi connectivity index (χ0n) is 10.4. The summed E-state index contributed by atoms with van der Waals surface area (Å²) in [5.74, 6) is 1.69. The van der Waals surface area contributed by atoms with E-state index in [9.17, 15) is 0 Å². The number of aromatic nitrogens is 3. The van der Waals surface area contributed by atoms with Gasteiger partial charge in [-0.05, 0) is 24.6 Å². The smallest absolute Gasteiger partial charge is 0.130 e. The maximum atomic E-state index is 5.83. The number of anilines is 1. The second-order valence-electron chi connectivity index (χ2n) is 4.00. The highest BCUT2D eigenvalue weighted by Crippen LogP contribution is 2.11. The Morgan fingerprint density at radius 3 is 2.83 bits per heavy atom. The number of nitrogens with one attached hydrogen (secondary N) is 1. The summed E-state index contributed by atoms with van der Waals surface area (Å²) in [4.78, 5) is 12.7. The fraction of sp³-hybridized carbons (Fsp3) is 0.308. The molecule has 0 aromatic carbocycles. The lowest BCUT2D eigenvalue weighted by Crippen LogP contribution is -2.05. The molecule has 2 aromatic heterocycles. The van der Waals surface area contributed by atoms with Crippen LogP contribution >= 0.6 is 11.6 Å². The normalized spacial score (nSPS) is 10.4. The van der Waals surface area contributed by atoms with Crippen LogP contribution in [-0.2, 0) is 13.0 Å². The van der Waals surface area contributed by atoms with E-state index < -0.39 is 0 Å². The summed E-state index contributed by atoms with van der Waals surface area (Å²) < 4.78 is 0. The Kier molecular flexibility index (Phi) is 4.10. The van der Waals surface area contributed by atoms with Crippen molar-refractivity contribution in [2.24, 2.45) is 0 Å². The summed E-state index contributed by atoms with van der Waals surface area (Å²) in [6.45, 7) is 4.68. The summed E-state index contributed by atoms with van der Waals surface area (Å²) in [6.07, 6.45) is 2.53. The van der Waals surface area contributed by atoms with Crippen LogP contribution in [0.2, 0.25) is 5.15 Å². The van der Waals surface area contributed by atoms with Gasteiger partial charge in [-0.1, -0.05) is 18.5 Å². The number of pyridine rings is 1. The third kappa shape index (κ3) is 3.40. The molecule has 0 radical (unpaired) electrons. The molecule has 0 amide bonds. The molecule has 2 aromatic rings. The predicted molar refractivity (Wildman–Crippen MR) is 72.7 cm³/mol. The first-order valence-corrected chi connectivity index (χ1v) is 6.24. The standard InChI is InChI=1S/C13H15ClN4/c1-3-12-17-9(2)6-13(18-12)16-8-10-4-5-15-11(14)7-10/h4-7H,3,8H2,1-2H3,(H,16,17,18). The molecule has 0 bridgehead atoms. The van der Waals surface area contributed by atoms with Gasteiger partial charge in [0.25, 0.3) is 0 Å². The van der Waals surface area contributed by atoms with Gasteiger partial charge in [-0.15, -0.1) is 0 Å². The van der Waals surface area contributed by atoms with E-state index in [1.54, 1.807) is 6.20 Å². The van der Waals surface area contributed by atoms with Crippen LogP contribution in [-0.4, -0.2) is 15.0 Å².